The number of amides is 1. The molecule has 2 N–H and O–H groups in total. The summed E-state index contributed by atoms with van der Waals surface area (Å²) in [4.78, 5) is 11.6. The summed E-state index contributed by atoms with van der Waals surface area (Å²) in [5, 5.41) is 5.84. The van der Waals surface area contributed by atoms with E-state index in [1.807, 2.05) is 14.0 Å². The van der Waals surface area contributed by atoms with Crippen LogP contribution in [0, 0.1) is 11.7 Å². The third-order valence-electron chi connectivity index (χ3n) is 2.51. The van der Waals surface area contributed by atoms with Crippen LogP contribution in [0.4, 0.5) is 4.39 Å². The standard InChI is InChI=1S/C13H19FN2O/c1-10(8-15-2)9-16-13(17)7-11-5-3-4-6-12(11)14/h3-6,10,15H,7-9H2,1-2H3,(H,16,17). The first-order valence-corrected chi connectivity index (χ1v) is 5.78. The van der Waals surface area contributed by atoms with E-state index < -0.39 is 0 Å². The van der Waals surface area contributed by atoms with Gasteiger partial charge >= 0.3 is 0 Å². The third-order valence-corrected chi connectivity index (χ3v) is 2.51. The molecule has 1 amide bonds. The molecular weight excluding hydrogens is 219 g/mol. The summed E-state index contributed by atoms with van der Waals surface area (Å²) in [5.74, 6) is -0.103. The van der Waals surface area contributed by atoms with Crippen molar-refractivity contribution in [2.45, 2.75) is 13.3 Å². The van der Waals surface area contributed by atoms with Crippen molar-refractivity contribution in [3.05, 3.63) is 35.6 Å². The van der Waals surface area contributed by atoms with Gasteiger partial charge in [-0.25, -0.2) is 4.39 Å². The summed E-state index contributed by atoms with van der Waals surface area (Å²) < 4.78 is 13.3. The average Bonchev–Trinajstić information content (AvgIpc) is 2.30. The fourth-order valence-electron chi connectivity index (χ4n) is 1.59. The highest BCUT2D eigenvalue weighted by Crippen LogP contribution is 2.06. The van der Waals surface area contributed by atoms with Crippen LogP contribution < -0.4 is 10.6 Å². The lowest BCUT2D eigenvalue weighted by Crippen LogP contribution is -2.33. The highest BCUT2D eigenvalue weighted by molar-refractivity contribution is 5.78. The predicted molar refractivity (Wildman–Crippen MR) is 66.2 cm³/mol. The normalized spacial score (nSPS) is 12.2. The van der Waals surface area contributed by atoms with Crippen molar-refractivity contribution in [2.24, 2.45) is 5.92 Å². The first-order chi connectivity index (χ1) is 8.13. The molecular formula is C13H19FN2O. The van der Waals surface area contributed by atoms with E-state index in [4.69, 9.17) is 0 Å². The molecule has 0 aliphatic rings. The van der Waals surface area contributed by atoms with Crippen LogP contribution in [0.25, 0.3) is 0 Å². The Bertz CT molecular complexity index is 368. The van der Waals surface area contributed by atoms with E-state index in [-0.39, 0.29) is 18.1 Å². The van der Waals surface area contributed by atoms with Gasteiger partial charge in [-0.05, 0) is 31.1 Å². The highest BCUT2D eigenvalue weighted by Gasteiger charge is 2.08. The van der Waals surface area contributed by atoms with Gasteiger partial charge in [0.1, 0.15) is 5.82 Å². The molecule has 4 heteroatoms. The molecule has 0 spiro atoms. The summed E-state index contributed by atoms with van der Waals surface area (Å²) in [7, 11) is 1.87. The first kappa shape index (κ1) is 13.6. The maximum absolute atomic E-state index is 13.3. The molecule has 1 unspecified atom stereocenters. The van der Waals surface area contributed by atoms with Crippen LogP contribution in [0.2, 0.25) is 0 Å². The molecule has 0 aliphatic carbocycles. The van der Waals surface area contributed by atoms with Crippen molar-refractivity contribution >= 4 is 5.91 Å². The summed E-state index contributed by atoms with van der Waals surface area (Å²) in [6.07, 6.45) is 0.0962. The lowest BCUT2D eigenvalue weighted by atomic mass is 10.1. The van der Waals surface area contributed by atoms with Gasteiger partial charge in [0.15, 0.2) is 0 Å². The van der Waals surface area contributed by atoms with Crippen LogP contribution in [0.5, 0.6) is 0 Å². The topological polar surface area (TPSA) is 41.1 Å². The molecule has 0 saturated carbocycles. The fraction of sp³-hybridized carbons (Fsp3) is 0.462. The van der Waals surface area contributed by atoms with Gasteiger partial charge in [0.05, 0.1) is 6.42 Å². The van der Waals surface area contributed by atoms with Gasteiger partial charge in [-0.3, -0.25) is 4.79 Å². The third kappa shape index (κ3) is 4.95. The number of carbonyl (C=O) groups is 1. The number of nitrogens with one attached hydrogen (secondary N) is 2. The average molecular weight is 238 g/mol. The summed E-state index contributed by atoms with van der Waals surface area (Å²) in [6.45, 7) is 3.49. The van der Waals surface area contributed by atoms with Gasteiger partial charge in [0, 0.05) is 6.54 Å². The van der Waals surface area contributed by atoms with Gasteiger partial charge in [0.25, 0.3) is 0 Å². The molecule has 1 rings (SSSR count). The van der Waals surface area contributed by atoms with E-state index in [1.165, 1.54) is 6.07 Å². The summed E-state index contributed by atoms with van der Waals surface area (Å²) in [5.41, 5.74) is 0.436. The van der Waals surface area contributed by atoms with Crippen LogP contribution in [0.15, 0.2) is 24.3 Å². The minimum absolute atomic E-state index is 0.0962. The Morgan fingerprint density at radius 2 is 2.06 bits per heavy atom. The molecule has 1 aromatic carbocycles. The lowest BCUT2D eigenvalue weighted by molar-refractivity contribution is -0.120. The maximum atomic E-state index is 13.3. The van der Waals surface area contributed by atoms with Crippen molar-refractivity contribution in [3.8, 4) is 0 Å². The number of halogens is 1. The van der Waals surface area contributed by atoms with Crippen LogP contribution in [-0.2, 0) is 11.2 Å². The Balaban J connectivity index is 2.37. The van der Waals surface area contributed by atoms with Gasteiger partial charge in [-0.15, -0.1) is 0 Å². The second-order valence-electron chi connectivity index (χ2n) is 4.24. The molecule has 0 saturated heterocycles. The molecule has 1 atom stereocenters. The largest absolute Gasteiger partial charge is 0.355 e. The smallest absolute Gasteiger partial charge is 0.224 e. The zero-order valence-electron chi connectivity index (χ0n) is 10.3. The predicted octanol–water partition coefficient (Wildman–Crippen LogP) is 1.34. The Morgan fingerprint density at radius 1 is 1.35 bits per heavy atom. The molecule has 0 radical (unpaired) electrons. The van der Waals surface area contributed by atoms with E-state index >= 15 is 0 Å². The molecule has 0 bridgehead atoms. The van der Waals surface area contributed by atoms with E-state index in [0.717, 1.165) is 6.54 Å². The number of hydrogen-bond acceptors (Lipinski definition) is 2. The number of carbonyl (C=O) groups excluding carboxylic acids is 1. The van der Waals surface area contributed by atoms with Gasteiger partial charge in [-0.1, -0.05) is 25.1 Å². The van der Waals surface area contributed by atoms with E-state index in [1.54, 1.807) is 18.2 Å². The second kappa shape index (κ2) is 7.01. The van der Waals surface area contributed by atoms with Crippen molar-refractivity contribution in [1.29, 1.82) is 0 Å². The summed E-state index contributed by atoms with van der Waals surface area (Å²) >= 11 is 0. The fourth-order valence-corrected chi connectivity index (χ4v) is 1.59. The number of rotatable bonds is 6. The molecule has 1 aromatic rings. The van der Waals surface area contributed by atoms with E-state index in [9.17, 15) is 9.18 Å². The molecule has 17 heavy (non-hydrogen) atoms. The van der Waals surface area contributed by atoms with Crippen molar-refractivity contribution in [3.63, 3.8) is 0 Å². The maximum Gasteiger partial charge on any atom is 0.224 e. The van der Waals surface area contributed by atoms with Crippen molar-refractivity contribution in [2.75, 3.05) is 20.1 Å². The quantitative estimate of drug-likeness (QED) is 0.785. The second-order valence-corrected chi connectivity index (χ2v) is 4.24. The zero-order chi connectivity index (χ0) is 12.7. The minimum Gasteiger partial charge on any atom is -0.355 e. The molecule has 94 valence electrons. The van der Waals surface area contributed by atoms with Crippen LogP contribution in [0.1, 0.15) is 12.5 Å². The lowest BCUT2D eigenvalue weighted by Gasteiger charge is -2.12. The van der Waals surface area contributed by atoms with Crippen molar-refractivity contribution in [1.82, 2.24) is 10.6 Å². The van der Waals surface area contributed by atoms with Crippen molar-refractivity contribution < 1.29 is 9.18 Å². The summed E-state index contributed by atoms with van der Waals surface area (Å²) in [6, 6.07) is 6.35. The Kier molecular flexibility index (Phi) is 5.63. The minimum atomic E-state index is -0.328. The van der Waals surface area contributed by atoms with Crippen LogP contribution >= 0.6 is 0 Å². The van der Waals surface area contributed by atoms with Gasteiger partial charge < -0.3 is 10.6 Å². The number of hydrogen-bond donors (Lipinski definition) is 2. The molecule has 0 fully saturated rings. The first-order valence-electron chi connectivity index (χ1n) is 5.78. The van der Waals surface area contributed by atoms with Crippen LogP contribution in [0.3, 0.4) is 0 Å². The number of benzene rings is 1. The SMILES string of the molecule is CNCC(C)CNC(=O)Cc1ccccc1F. The molecule has 0 aromatic heterocycles. The molecule has 0 aliphatic heterocycles. The highest BCUT2D eigenvalue weighted by atomic mass is 19.1. The Labute approximate surface area is 101 Å². The molecule has 3 nitrogen and oxygen atoms in total. The van der Waals surface area contributed by atoms with E-state index in [2.05, 4.69) is 10.6 Å². The van der Waals surface area contributed by atoms with Gasteiger partial charge in [0.2, 0.25) is 5.91 Å². The zero-order valence-corrected chi connectivity index (χ0v) is 10.3. The molecule has 0 heterocycles. The Morgan fingerprint density at radius 3 is 2.71 bits per heavy atom. The van der Waals surface area contributed by atoms with Gasteiger partial charge in [-0.2, -0.15) is 0 Å². The van der Waals surface area contributed by atoms with E-state index in [0.29, 0.717) is 18.0 Å². The van der Waals surface area contributed by atoms with Crippen LogP contribution in [-0.4, -0.2) is 26.0 Å². The monoisotopic (exact) mass is 238 g/mol. The Hall–Kier alpha value is -1.42.